The predicted molar refractivity (Wildman–Crippen MR) is 50.1 cm³/mol. The summed E-state index contributed by atoms with van der Waals surface area (Å²) in [6.45, 7) is 0. The Kier molecular flexibility index (Phi) is 2.09. The van der Waals surface area contributed by atoms with Crippen molar-refractivity contribution in [2.45, 2.75) is 12.0 Å². The highest BCUT2D eigenvalue weighted by Gasteiger charge is 2.23. The van der Waals surface area contributed by atoms with E-state index in [0.29, 0.717) is 11.4 Å². The van der Waals surface area contributed by atoms with Crippen LogP contribution in [0.5, 0.6) is 0 Å². The Balaban J connectivity index is 2.30. The molecule has 1 aromatic rings. The van der Waals surface area contributed by atoms with Gasteiger partial charge >= 0.3 is 0 Å². The maximum Gasteiger partial charge on any atom is 0.122 e. The number of halogens is 1. The summed E-state index contributed by atoms with van der Waals surface area (Å²) in [7, 11) is 0. The van der Waals surface area contributed by atoms with Gasteiger partial charge in [-0.2, -0.15) is 5.10 Å². The summed E-state index contributed by atoms with van der Waals surface area (Å²) < 4.78 is 12.7. The van der Waals surface area contributed by atoms with Gasteiger partial charge in [-0.05, 0) is 12.2 Å². The van der Waals surface area contributed by atoms with Crippen molar-refractivity contribution in [3.05, 3.63) is 35.8 Å². The van der Waals surface area contributed by atoms with Crippen LogP contribution in [0.2, 0.25) is 0 Å². The van der Waals surface area contributed by atoms with E-state index in [9.17, 15) is 9.50 Å². The van der Waals surface area contributed by atoms with Crippen LogP contribution in [0, 0.1) is 0 Å². The minimum absolute atomic E-state index is 0.326. The summed E-state index contributed by atoms with van der Waals surface area (Å²) in [5.41, 5.74) is 6.27. The van der Waals surface area contributed by atoms with Crippen molar-refractivity contribution >= 4 is 5.82 Å². The summed E-state index contributed by atoms with van der Waals surface area (Å²) in [5, 5.41) is 15.9. The van der Waals surface area contributed by atoms with Gasteiger partial charge in [0, 0.05) is 11.5 Å². The van der Waals surface area contributed by atoms with Crippen molar-refractivity contribution in [3.63, 3.8) is 0 Å². The highest BCUT2D eigenvalue weighted by Crippen LogP contribution is 2.29. The van der Waals surface area contributed by atoms with Crippen molar-refractivity contribution in [2.75, 3.05) is 5.73 Å². The van der Waals surface area contributed by atoms with Crippen molar-refractivity contribution in [1.29, 1.82) is 0 Å². The molecular weight excluding hydrogens is 185 g/mol. The molecule has 0 fully saturated rings. The second kappa shape index (κ2) is 3.26. The van der Waals surface area contributed by atoms with E-state index in [0.717, 1.165) is 6.08 Å². The van der Waals surface area contributed by atoms with Gasteiger partial charge in [-0.3, -0.25) is 5.10 Å². The van der Waals surface area contributed by atoms with Crippen LogP contribution in [-0.4, -0.2) is 21.4 Å². The monoisotopic (exact) mass is 195 g/mol. The van der Waals surface area contributed by atoms with Gasteiger partial charge in [0.2, 0.25) is 0 Å². The lowest BCUT2D eigenvalue weighted by atomic mass is 9.91. The Bertz CT molecular complexity index is 397. The molecule has 4 nitrogen and oxygen atoms in total. The molecule has 1 aliphatic carbocycles. The number of anilines is 1. The first-order valence-corrected chi connectivity index (χ1v) is 4.21. The molecule has 0 spiro atoms. The molecule has 1 aliphatic rings. The van der Waals surface area contributed by atoms with Gasteiger partial charge < -0.3 is 10.8 Å². The predicted octanol–water partition coefficient (Wildman–Crippen LogP) is 0.860. The highest BCUT2D eigenvalue weighted by molar-refractivity contribution is 5.45. The first-order valence-electron chi connectivity index (χ1n) is 4.21. The highest BCUT2D eigenvalue weighted by atomic mass is 19.1. The normalized spacial score (nSPS) is 26.3. The zero-order valence-electron chi connectivity index (χ0n) is 7.31. The molecule has 0 amide bonds. The number of rotatable bonds is 1. The Morgan fingerprint density at radius 1 is 1.57 bits per heavy atom. The zero-order valence-corrected chi connectivity index (χ0v) is 7.31. The largest absolute Gasteiger partial charge is 0.388 e. The molecule has 0 aliphatic heterocycles. The molecule has 1 unspecified atom stereocenters. The molecule has 2 rings (SSSR count). The van der Waals surface area contributed by atoms with Crippen molar-refractivity contribution in [2.24, 2.45) is 0 Å². The van der Waals surface area contributed by atoms with Gasteiger partial charge in [-0.25, -0.2) is 4.39 Å². The molecule has 2 atom stereocenters. The molecule has 4 N–H and O–H groups in total. The first kappa shape index (κ1) is 8.96. The Hall–Kier alpha value is -1.62. The number of aromatic amines is 1. The van der Waals surface area contributed by atoms with E-state index in [2.05, 4.69) is 10.2 Å². The molecule has 0 saturated carbocycles. The number of nitrogen functional groups attached to an aromatic ring is 1. The molecule has 0 bridgehead atoms. The van der Waals surface area contributed by atoms with E-state index in [4.69, 9.17) is 5.73 Å². The maximum atomic E-state index is 12.7. The SMILES string of the molecule is Nc1[nH]ncc1C1C=CC(F)=C[C@@H]1O. The summed E-state index contributed by atoms with van der Waals surface area (Å²) in [5.74, 6) is -0.363. The van der Waals surface area contributed by atoms with E-state index in [1.165, 1.54) is 12.3 Å². The minimum atomic E-state index is -0.889. The molecule has 14 heavy (non-hydrogen) atoms. The van der Waals surface area contributed by atoms with Gasteiger partial charge in [-0.15, -0.1) is 0 Å². The number of hydrogen-bond acceptors (Lipinski definition) is 3. The number of H-pyrrole nitrogens is 1. The fraction of sp³-hybridized carbons (Fsp3) is 0.222. The topological polar surface area (TPSA) is 74.9 Å². The van der Waals surface area contributed by atoms with E-state index in [1.54, 1.807) is 6.08 Å². The van der Waals surface area contributed by atoms with Crippen molar-refractivity contribution in [1.82, 2.24) is 10.2 Å². The standard InChI is InChI=1S/C9H10FN3O/c10-5-1-2-6(8(14)3-5)7-4-12-13-9(7)11/h1-4,6,8,14H,(H3,11,12,13)/t6?,8-/m0/s1. The first-order chi connectivity index (χ1) is 6.68. The van der Waals surface area contributed by atoms with E-state index >= 15 is 0 Å². The van der Waals surface area contributed by atoms with Gasteiger partial charge in [0.15, 0.2) is 0 Å². The van der Waals surface area contributed by atoms with Gasteiger partial charge in [-0.1, -0.05) is 6.08 Å². The van der Waals surface area contributed by atoms with Gasteiger partial charge in [0.25, 0.3) is 0 Å². The third-order valence-corrected chi connectivity index (χ3v) is 2.22. The molecule has 1 aromatic heterocycles. The third kappa shape index (κ3) is 1.42. The summed E-state index contributed by atoms with van der Waals surface area (Å²) >= 11 is 0. The average Bonchev–Trinajstić information content (AvgIpc) is 2.52. The lowest BCUT2D eigenvalue weighted by Gasteiger charge is -2.18. The zero-order chi connectivity index (χ0) is 10.1. The molecule has 5 heteroatoms. The number of nitrogens with one attached hydrogen (secondary N) is 1. The number of nitrogens with zero attached hydrogens (tertiary/aromatic N) is 1. The van der Waals surface area contributed by atoms with E-state index < -0.39 is 11.9 Å². The summed E-state index contributed by atoms with van der Waals surface area (Å²) in [6, 6.07) is 0. The molecule has 0 radical (unpaired) electrons. The Morgan fingerprint density at radius 2 is 2.36 bits per heavy atom. The molecule has 1 heterocycles. The second-order valence-electron chi connectivity index (χ2n) is 3.17. The Labute approximate surface area is 79.9 Å². The number of hydrogen-bond donors (Lipinski definition) is 3. The van der Waals surface area contributed by atoms with Crippen LogP contribution in [0.3, 0.4) is 0 Å². The van der Waals surface area contributed by atoms with E-state index in [1.807, 2.05) is 0 Å². The average molecular weight is 195 g/mol. The van der Waals surface area contributed by atoms with Gasteiger partial charge in [0.05, 0.1) is 12.3 Å². The molecule has 0 saturated heterocycles. The molecule has 0 aromatic carbocycles. The second-order valence-corrected chi connectivity index (χ2v) is 3.17. The number of nitrogens with two attached hydrogens (primary N) is 1. The fourth-order valence-corrected chi connectivity index (χ4v) is 1.49. The Morgan fingerprint density at radius 3 is 2.93 bits per heavy atom. The van der Waals surface area contributed by atoms with Crippen molar-refractivity contribution in [3.8, 4) is 0 Å². The number of allylic oxidation sites excluding steroid dienone is 2. The molecular formula is C9H10FN3O. The quantitative estimate of drug-likeness (QED) is 0.622. The fourth-order valence-electron chi connectivity index (χ4n) is 1.49. The molecule has 74 valence electrons. The van der Waals surface area contributed by atoms with Gasteiger partial charge in [0.1, 0.15) is 11.6 Å². The van der Waals surface area contributed by atoms with E-state index in [-0.39, 0.29) is 5.92 Å². The van der Waals surface area contributed by atoms with Crippen LogP contribution >= 0.6 is 0 Å². The van der Waals surface area contributed by atoms with Crippen LogP contribution in [0.25, 0.3) is 0 Å². The van der Waals surface area contributed by atoms with Crippen LogP contribution in [0.1, 0.15) is 11.5 Å². The number of aliphatic hydroxyl groups is 1. The minimum Gasteiger partial charge on any atom is -0.388 e. The summed E-state index contributed by atoms with van der Waals surface area (Å²) in [6.07, 6.45) is 4.67. The number of aliphatic hydroxyl groups excluding tert-OH is 1. The van der Waals surface area contributed by atoms with Crippen LogP contribution in [0.15, 0.2) is 30.3 Å². The smallest absolute Gasteiger partial charge is 0.122 e. The third-order valence-electron chi connectivity index (χ3n) is 2.22. The number of aromatic nitrogens is 2. The van der Waals surface area contributed by atoms with Crippen molar-refractivity contribution < 1.29 is 9.50 Å². The van der Waals surface area contributed by atoms with Crippen LogP contribution in [0.4, 0.5) is 10.2 Å². The summed E-state index contributed by atoms with van der Waals surface area (Å²) in [4.78, 5) is 0. The van der Waals surface area contributed by atoms with Crippen LogP contribution < -0.4 is 5.73 Å². The lowest BCUT2D eigenvalue weighted by molar-refractivity contribution is 0.203. The maximum absolute atomic E-state index is 12.7. The lowest BCUT2D eigenvalue weighted by Crippen LogP contribution is -2.17. The van der Waals surface area contributed by atoms with Crippen LogP contribution in [-0.2, 0) is 0 Å².